The maximum Gasteiger partial charge on any atom is 0.277 e. The standard InChI is InChI=1S/C11H15FN2O3.C7H7I/c1-11(2,16)6-17-14-10(15)7-4-3-5-8(12)9(7)13;1-6-3-2-4-7(8)5-6/h3-5,16H,6,13H2,1-2H3,(H,14,15);2-5H,1H3. The fourth-order valence-corrected chi connectivity index (χ4v) is 2.37. The van der Waals surface area contributed by atoms with Gasteiger partial charge in [-0.15, -0.1) is 0 Å². The number of hydrogen-bond donors (Lipinski definition) is 3. The van der Waals surface area contributed by atoms with Gasteiger partial charge in [-0.1, -0.05) is 23.8 Å². The smallest absolute Gasteiger partial charge is 0.277 e. The summed E-state index contributed by atoms with van der Waals surface area (Å²) in [6.45, 7) is 5.06. The molecule has 1 amide bonds. The Bertz CT molecular complexity index is 700. The number of amides is 1. The van der Waals surface area contributed by atoms with Crippen molar-refractivity contribution in [3.05, 3.63) is 63.0 Å². The zero-order valence-electron chi connectivity index (χ0n) is 14.3. The molecule has 25 heavy (non-hydrogen) atoms. The van der Waals surface area contributed by atoms with Gasteiger partial charge >= 0.3 is 0 Å². The van der Waals surface area contributed by atoms with Crippen LogP contribution in [0, 0.1) is 16.3 Å². The summed E-state index contributed by atoms with van der Waals surface area (Å²) in [5.41, 5.74) is 7.49. The molecule has 2 rings (SSSR count). The van der Waals surface area contributed by atoms with E-state index in [-0.39, 0.29) is 17.9 Å². The lowest BCUT2D eigenvalue weighted by Crippen LogP contribution is -2.33. The SMILES string of the molecule is CC(C)(O)CONC(=O)c1cccc(F)c1N.Cc1cccc(I)c1. The van der Waals surface area contributed by atoms with Crippen molar-refractivity contribution in [3.8, 4) is 0 Å². The van der Waals surface area contributed by atoms with Gasteiger partial charge in [-0.2, -0.15) is 0 Å². The summed E-state index contributed by atoms with van der Waals surface area (Å²) in [7, 11) is 0. The Hall–Kier alpha value is -1.71. The van der Waals surface area contributed by atoms with E-state index in [1.807, 2.05) is 0 Å². The predicted octanol–water partition coefficient (Wildman–Crippen LogP) is 3.44. The predicted molar refractivity (Wildman–Crippen MR) is 104 cm³/mol. The highest BCUT2D eigenvalue weighted by Crippen LogP contribution is 2.15. The highest BCUT2D eigenvalue weighted by molar-refractivity contribution is 14.1. The van der Waals surface area contributed by atoms with E-state index in [1.165, 1.54) is 35.1 Å². The Labute approximate surface area is 160 Å². The van der Waals surface area contributed by atoms with E-state index in [1.54, 1.807) is 0 Å². The number of hydroxylamine groups is 1. The Morgan fingerprint density at radius 2 is 1.96 bits per heavy atom. The molecule has 0 aliphatic carbocycles. The number of halogens is 2. The molecule has 0 spiro atoms. The van der Waals surface area contributed by atoms with Crippen molar-refractivity contribution in [3.63, 3.8) is 0 Å². The fourth-order valence-electron chi connectivity index (χ4n) is 1.67. The second-order valence-corrected chi connectivity index (χ2v) is 7.28. The molecule has 0 saturated heterocycles. The minimum Gasteiger partial charge on any atom is -0.396 e. The Balaban J connectivity index is 0.000000324. The molecule has 2 aromatic carbocycles. The second-order valence-electron chi connectivity index (χ2n) is 6.03. The number of anilines is 1. The van der Waals surface area contributed by atoms with E-state index >= 15 is 0 Å². The van der Waals surface area contributed by atoms with E-state index in [0.29, 0.717) is 0 Å². The summed E-state index contributed by atoms with van der Waals surface area (Å²) in [6.07, 6.45) is 0. The van der Waals surface area contributed by atoms with Crippen LogP contribution >= 0.6 is 22.6 Å². The van der Waals surface area contributed by atoms with Crippen molar-refractivity contribution in [2.75, 3.05) is 12.3 Å². The molecule has 0 aliphatic rings. The molecule has 136 valence electrons. The van der Waals surface area contributed by atoms with Crippen molar-refractivity contribution in [1.29, 1.82) is 0 Å². The number of hydrogen-bond acceptors (Lipinski definition) is 4. The minimum absolute atomic E-state index is 0.0132. The summed E-state index contributed by atoms with van der Waals surface area (Å²) in [5, 5.41) is 9.34. The van der Waals surface area contributed by atoms with Gasteiger partial charge in [0.25, 0.3) is 5.91 Å². The molecule has 4 N–H and O–H groups in total. The number of para-hydroxylation sites is 1. The first-order valence-corrected chi connectivity index (χ1v) is 8.58. The summed E-state index contributed by atoms with van der Waals surface area (Å²) >= 11 is 2.31. The molecule has 0 aromatic heterocycles. The van der Waals surface area contributed by atoms with E-state index in [9.17, 15) is 14.3 Å². The first-order valence-electron chi connectivity index (χ1n) is 7.51. The monoisotopic (exact) mass is 460 g/mol. The highest BCUT2D eigenvalue weighted by Gasteiger charge is 2.16. The van der Waals surface area contributed by atoms with Crippen LogP contribution < -0.4 is 11.2 Å². The van der Waals surface area contributed by atoms with Crippen LogP contribution in [0.15, 0.2) is 42.5 Å². The van der Waals surface area contributed by atoms with Gasteiger partial charge in [0, 0.05) is 3.57 Å². The average molecular weight is 460 g/mol. The second kappa shape index (κ2) is 9.69. The van der Waals surface area contributed by atoms with Crippen molar-refractivity contribution in [2.45, 2.75) is 26.4 Å². The van der Waals surface area contributed by atoms with Crippen LogP contribution in [-0.4, -0.2) is 23.2 Å². The minimum atomic E-state index is -1.07. The van der Waals surface area contributed by atoms with Crippen LogP contribution in [-0.2, 0) is 4.84 Å². The van der Waals surface area contributed by atoms with E-state index in [0.717, 1.165) is 6.07 Å². The molecule has 5 nitrogen and oxygen atoms in total. The number of carbonyl (C=O) groups excluding carboxylic acids is 1. The van der Waals surface area contributed by atoms with Gasteiger partial charge in [0.2, 0.25) is 0 Å². The summed E-state index contributed by atoms with van der Waals surface area (Å²) in [6, 6.07) is 12.3. The van der Waals surface area contributed by atoms with Gasteiger partial charge in [-0.25, -0.2) is 9.87 Å². The largest absolute Gasteiger partial charge is 0.396 e. The topological polar surface area (TPSA) is 84.6 Å². The Kier molecular flexibility index (Phi) is 8.27. The molecule has 0 fully saturated rings. The number of nitrogens with two attached hydrogens (primary N) is 1. The highest BCUT2D eigenvalue weighted by atomic mass is 127. The molecule has 7 heteroatoms. The Morgan fingerprint density at radius 1 is 1.32 bits per heavy atom. The normalized spacial score (nSPS) is 10.6. The molecule has 0 radical (unpaired) electrons. The quantitative estimate of drug-likeness (QED) is 0.371. The van der Waals surface area contributed by atoms with Crippen LogP contribution in [0.25, 0.3) is 0 Å². The molecule has 2 aromatic rings. The van der Waals surface area contributed by atoms with Gasteiger partial charge in [0.1, 0.15) is 12.4 Å². The maximum absolute atomic E-state index is 13.1. The number of aryl methyl sites for hydroxylation is 1. The third-order valence-electron chi connectivity index (χ3n) is 2.87. The molecule has 0 heterocycles. The molecule has 0 aliphatic heterocycles. The van der Waals surface area contributed by atoms with E-state index < -0.39 is 17.3 Å². The van der Waals surface area contributed by atoms with Gasteiger partial charge < -0.3 is 10.8 Å². The molecule has 0 atom stereocenters. The van der Waals surface area contributed by atoms with Crippen LogP contribution in [0.2, 0.25) is 0 Å². The number of nitrogen functional groups attached to an aromatic ring is 1. The zero-order valence-corrected chi connectivity index (χ0v) is 16.5. The molecule has 0 saturated carbocycles. The van der Waals surface area contributed by atoms with Crippen molar-refractivity contribution >= 4 is 34.2 Å². The van der Waals surface area contributed by atoms with Gasteiger partial charge in [0.05, 0.1) is 16.9 Å². The van der Waals surface area contributed by atoms with Crippen molar-refractivity contribution in [1.82, 2.24) is 5.48 Å². The maximum atomic E-state index is 13.1. The first kappa shape index (κ1) is 21.3. The summed E-state index contributed by atoms with van der Waals surface area (Å²) in [4.78, 5) is 16.3. The van der Waals surface area contributed by atoms with E-state index in [2.05, 4.69) is 59.3 Å². The van der Waals surface area contributed by atoms with Crippen LogP contribution in [0.1, 0.15) is 29.8 Å². The van der Waals surface area contributed by atoms with E-state index in [4.69, 9.17) is 10.6 Å². The number of aliphatic hydroxyl groups is 1. The lowest BCUT2D eigenvalue weighted by Gasteiger charge is -2.16. The van der Waals surface area contributed by atoms with Gasteiger partial charge in [0.15, 0.2) is 0 Å². The Morgan fingerprint density at radius 3 is 2.48 bits per heavy atom. The summed E-state index contributed by atoms with van der Waals surface area (Å²) in [5.74, 6) is -1.33. The number of carbonyl (C=O) groups is 1. The molecular formula is C18H22FIN2O3. The number of benzene rings is 2. The molecule has 0 bridgehead atoms. The first-order chi connectivity index (χ1) is 11.6. The van der Waals surface area contributed by atoms with Gasteiger partial charge in [-0.3, -0.25) is 9.63 Å². The average Bonchev–Trinajstić information content (AvgIpc) is 2.49. The van der Waals surface area contributed by atoms with Gasteiger partial charge in [-0.05, 0) is 67.6 Å². The van der Waals surface area contributed by atoms with Crippen LogP contribution in [0.3, 0.4) is 0 Å². The van der Waals surface area contributed by atoms with Crippen molar-refractivity contribution < 1.29 is 19.1 Å². The summed E-state index contributed by atoms with van der Waals surface area (Å²) < 4.78 is 14.4. The molecular weight excluding hydrogens is 438 g/mol. The van der Waals surface area contributed by atoms with Crippen LogP contribution in [0.5, 0.6) is 0 Å². The number of rotatable bonds is 4. The lowest BCUT2D eigenvalue weighted by atomic mass is 10.1. The van der Waals surface area contributed by atoms with Crippen molar-refractivity contribution in [2.24, 2.45) is 0 Å². The number of nitrogens with one attached hydrogen (secondary N) is 1. The third kappa shape index (κ3) is 8.28. The fraction of sp³-hybridized carbons (Fsp3) is 0.278. The third-order valence-corrected chi connectivity index (χ3v) is 3.54. The molecule has 0 unspecified atom stereocenters. The lowest BCUT2D eigenvalue weighted by molar-refractivity contribution is -0.0522. The van der Waals surface area contributed by atoms with Crippen LogP contribution in [0.4, 0.5) is 10.1 Å². The zero-order chi connectivity index (χ0) is 19.0.